The molecule has 1 atom stereocenters. The minimum Gasteiger partial charge on any atom is -0.407 e. The summed E-state index contributed by atoms with van der Waals surface area (Å²) in [6.07, 6.45) is 0. The fourth-order valence-corrected chi connectivity index (χ4v) is 3.04. The minimum atomic E-state index is -0.654. The molecule has 2 aliphatic rings. The number of hydrogen-bond donors (Lipinski definition) is 0. The van der Waals surface area contributed by atoms with Crippen molar-refractivity contribution in [1.82, 2.24) is 5.01 Å². The fraction of sp³-hybridized carbons (Fsp3) is 0.412. The molecule has 1 fully saturated rings. The van der Waals surface area contributed by atoms with Crippen LogP contribution in [0.25, 0.3) is 0 Å². The molecule has 0 aromatic heterocycles. The number of ether oxygens (including phenoxy) is 1. The summed E-state index contributed by atoms with van der Waals surface area (Å²) in [5, 5.41) is 6.56. The van der Waals surface area contributed by atoms with Crippen LogP contribution in [-0.2, 0) is 9.53 Å². The first-order valence-corrected chi connectivity index (χ1v) is 7.17. The molecule has 0 aliphatic carbocycles. The van der Waals surface area contributed by atoms with Gasteiger partial charge in [-0.15, -0.1) is 0 Å². The van der Waals surface area contributed by atoms with Gasteiger partial charge in [-0.2, -0.15) is 5.10 Å². The number of esters is 1. The molecular formula is C17H20N2O2. The summed E-state index contributed by atoms with van der Waals surface area (Å²) in [5.74, 6) is 0.350. The van der Waals surface area contributed by atoms with Crippen LogP contribution in [0.2, 0.25) is 0 Å². The largest absolute Gasteiger partial charge is 0.407 e. The molecule has 110 valence electrons. The first-order chi connectivity index (χ1) is 9.84. The molecule has 1 saturated heterocycles. The molecule has 21 heavy (non-hydrogen) atoms. The van der Waals surface area contributed by atoms with E-state index in [2.05, 4.69) is 12.1 Å². The summed E-state index contributed by atoms with van der Waals surface area (Å²) in [5.41, 5.74) is 3.47. The molecule has 3 rings (SSSR count). The van der Waals surface area contributed by atoms with Crippen LogP contribution in [0.5, 0.6) is 0 Å². The Morgan fingerprint density at radius 3 is 2.62 bits per heavy atom. The van der Waals surface area contributed by atoms with Crippen molar-refractivity contribution in [3.05, 3.63) is 46.8 Å². The molecule has 0 bridgehead atoms. The quantitative estimate of drug-likeness (QED) is 0.684. The lowest BCUT2D eigenvalue weighted by atomic mass is 9.76. The second-order valence-corrected chi connectivity index (χ2v) is 6.44. The van der Waals surface area contributed by atoms with Crippen molar-refractivity contribution >= 4 is 11.7 Å². The highest BCUT2D eigenvalue weighted by atomic mass is 16.6. The number of rotatable bonds is 0. The third-order valence-corrected chi connectivity index (χ3v) is 4.18. The lowest BCUT2D eigenvalue weighted by Crippen LogP contribution is -2.49. The highest BCUT2D eigenvalue weighted by molar-refractivity contribution is 6.01. The van der Waals surface area contributed by atoms with Crippen LogP contribution >= 0.6 is 0 Å². The van der Waals surface area contributed by atoms with Gasteiger partial charge in [0.15, 0.2) is 0 Å². The summed E-state index contributed by atoms with van der Waals surface area (Å²) in [6, 6.07) is 8.01. The van der Waals surface area contributed by atoms with Crippen molar-refractivity contribution in [2.75, 3.05) is 0 Å². The van der Waals surface area contributed by atoms with Crippen LogP contribution in [0.1, 0.15) is 51.8 Å². The van der Waals surface area contributed by atoms with Crippen molar-refractivity contribution in [1.29, 1.82) is 0 Å². The summed E-state index contributed by atoms with van der Waals surface area (Å²) >= 11 is 0. The van der Waals surface area contributed by atoms with E-state index in [9.17, 15) is 4.79 Å². The molecule has 0 spiro atoms. The van der Waals surface area contributed by atoms with Gasteiger partial charge in [-0.3, -0.25) is 4.79 Å². The predicted octanol–water partition coefficient (Wildman–Crippen LogP) is 3.60. The Morgan fingerprint density at radius 1 is 1.29 bits per heavy atom. The highest BCUT2D eigenvalue weighted by Crippen LogP contribution is 2.49. The number of carbonyl (C=O) groups excluding carboxylic acids is 1. The number of fused-ring (bicyclic) bond motifs is 3. The van der Waals surface area contributed by atoms with E-state index in [1.807, 2.05) is 51.8 Å². The van der Waals surface area contributed by atoms with Crippen LogP contribution < -0.4 is 0 Å². The van der Waals surface area contributed by atoms with Crippen LogP contribution in [-0.4, -0.2) is 16.7 Å². The zero-order chi connectivity index (χ0) is 15.4. The van der Waals surface area contributed by atoms with Gasteiger partial charge in [-0.1, -0.05) is 24.3 Å². The smallest absolute Gasteiger partial charge is 0.320 e. The Kier molecular flexibility index (Phi) is 2.94. The average Bonchev–Trinajstić information content (AvgIpc) is 2.42. The fourth-order valence-electron chi connectivity index (χ4n) is 3.04. The van der Waals surface area contributed by atoms with E-state index in [0.717, 1.165) is 22.4 Å². The zero-order valence-corrected chi connectivity index (χ0v) is 13.1. The Labute approximate surface area is 125 Å². The van der Waals surface area contributed by atoms with Gasteiger partial charge >= 0.3 is 5.97 Å². The summed E-state index contributed by atoms with van der Waals surface area (Å²) in [6.45, 7) is 9.69. The van der Waals surface area contributed by atoms with Gasteiger partial charge < -0.3 is 4.74 Å². The highest BCUT2D eigenvalue weighted by Gasteiger charge is 2.51. The maximum atomic E-state index is 12.4. The molecule has 4 nitrogen and oxygen atoms in total. The molecule has 0 amide bonds. The van der Waals surface area contributed by atoms with Gasteiger partial charge in [-0.05, 0) is 45.8 Å². The first-order valence-electron chi connectivity index (χ1n) is 7.17. The zero-order valence-electron chi connectivity index (χ0n) is 13.1. The number of nitrogens with zero attached hydrogens (tertiary/aromatic N) is 2. The molecule has 0 radical (unpaired) electrons. The normalized spacial score (nSPS) is 23.0. The SMILES string of the molecule is CC1=NN2C(=C(C)C)OC(=O)C(C)(C)C2c2ccccc21. The van der Waals surface area contributed by atoms with E-state index in [1.165, 1.54) is 0 Å². The lowest BCUT2D eigenvalue weighted by molar-refractivity contribution is -0.167. The molecular weight excluding hydrogens is 264 g/mol. The Bertz CT molecular complexity index is 682. The number of hydrazone groups is 1. The van der Waals surface area contributed by atoms with Gasteiger partial charge in [0.1, 0.15) is 0 Å². The number of cyclic esters (lactones) is 1. The van der Waals surface area contributed by atoms with Crippen LogP contribution in [0.4, 0.5) is 0 Å². The third-order valence-electron chi connectivity index (χ3n) is 4.18. The summed E-state index contributed by atoms with van der Waals surface area (Å²) in [7, 11) is 0. The number of carbonyl (C=O) groups is 1. The van der Waals surface area contributed by atoms with E-state index in [-0.39, 0.29) is 12.0 Å². The van der Waals surface area contributed by atoms with Gasteiger partial charge in [0.25, 0.3) is 0 Å². The van der Waals surface area contributed by atoms with Crippen LogP contribution in [0.15, 0.2) is 40.8 Å². The van der Waals surface area contributed by atoms with Crippen LogP contribution in [0.3, 0.4) is 0 Å². The molecule has 1 aromatic carbocycles. The summed E-state index contributed by atoms with van der Waals surface area (Å²) < 4.78 is 5.56. The maximum absolute atomic E-state index is 12.4. The summed E-state index contributed by atoms with van der Waals surface area (Å²) in [4.78, 5) is 12.4. The second-order valence-electron chi connectivity index (χ2n) is 6.44. The first kappa shape index (κ1) is 13.9. The third kappa shape index (κ3) is 1.89. The van der Waals surface area contributed by atoms with Crippen molar-refractivity contribution < 1.29 is 9.53 Å². The Morgan fingerprint density at radius 2 is 1.95 bits per heavy atom. The number of benzene rings is 1. The van der Waals surface area contributed by atoms with Gasteiger partial charge in [0.05, 0.1) is 17.2 Å². The Hall–Kier alpha value is -2.10. The van der Waals surface area contributed by atoms with Crippen molar-refractivity contribution in [2.24, 2.45) is 10.5 Å². The standard InChI is InChI=1S/C17H20N2O2/c1-10(2)15-19-14(17(4,5)16(20)21-15)13-9-7-6-8-12(13)11(3)18-19/h6-9,14H,1-5H3. The van der Waals surface area contributed by atoms with Gasteiger partial charge in [0.2, 0.25) is 5.88 Å². The number of hydrogen-bond acceptors (Lipinski definition) is 4. The Balaban J connectivity index is 2.27. The predicted molar refractivity (Wildman–Crippen MR) is 81.5 cm³/mol. The molecule has 0 N–H and O–H groups in total. The second kappa shape index (κ2) is 4.45. The molecule has 4 heteroatoms. The van der Waals surface area contributed by atoms with E-state index < -0.39 is 5.41 Å². The average molecular weight is 284 g/mol. The number of allylic oxidation sites excluding steroid dienone is 1. The molecule has 0 saturated carbocycles. The molecule has 2 aliphatic heterocycles. The maximum Gasteiger partial charge on any atom is 0.320 e. The minimum absolute atomic E-state index is 0.136. The molecule has 2 heterocycles. The van der Waals surface area contributed by atoms with Crippen molar-refractivity contribution in [3.63, 3.8) is 0 Å². The van der Waals surface area contributed by atoms with E-state index in [0.29, 0.717) is 5.88 Å². The van der Waals surface area contributed by atoms with Crippen LogP contribution in [0, 0.1) is 5.41 Å². The lowest BCUT2D eigenvalue weighted by Gasteiger charge is -2.46. The topological polar surface area (TPSA) is 41.9 Å². The monoisotopic (exact) mass is 284 g/mol. The molecule has 1 aromatic rings. The van der Waals surface area contributed by atoms with E-state index in [1.54, 1.807) is 0 Å². The van der Waals surface area contributed by atoms with Gasteiger partial charge in [0, 0.05) is 5.56 Å². The van der Waals surface area contributed by atoms with Crippen molar-refractivity contribution in [3.8, 4) is 0 Å². The molecule has 1 unspecified atom stereocenters. The van der Waals surface area contributed by atoms with Crippen molar-refractivity contribution in [2.45, 2.75) is 40.7 Å². The van der Waals surface area contributed by atoms with E-state index >= 15 is 0 Å². The van der Waals surface area contributed by atoms with Gasteiger partial charge in [-0.25, -0.2) is 5.01 Å². The van der Waals surface area contributed by atoms with E-state index in [4.69, 9.17) is 9.84 Å².